The van der Waals surface area contributed by atoms with Crippen molar-refractivity contribution >= 4 is 28.3 Å². The molecular weight excluding hydrogens is 304 g/mol. The lowest BCUT2D eigenvalue weighted by atomic mass is 10.1. The lowest BCUT2D eigenvalue weighted by Crippen LogP contribution is -2.18. The molecule has 0 radical (unpaired) electrons. The normalized spacial score (nSPS) is 12.9. The molecule has 0 bridgehead atoms. The minimum Gasteiger partial charge on any atom is -0.382 e. The van der Waals surface area contributed by atoms with Gasteiger partial charge in [0.25, 0.3) is 0 Å². The fourth-order valence-corrected chi connectivity index (χ4v) is 2.27. The summed E-state index contributed by atoms with van der Waals surface area (Å²) < 4.78 is 13.8. The molecule has 0 aliphatic carbocycles. The van der Waals surface area contributed by atoms with Crippen molar-refractivity contribution in [3.63, 3.8) is 0 Å². The van der Waals surface area contributed by atoms with Crippen LogP contribution in [0.25, 0.3) is 0 Å². The molecule has 1 aromatic carbocycles. The Morgan fingerprint density at radius 2 is 2.00 bits per heavy atom. The van der Waals surface area contributed by atoms with E-state index in [-0.39, 0.29) is 5.82 Å². The van der Waals surface area contributed by atoms with Crippen LogP contribution in [0, 0.1) is 15.3 Å². The predicted molar refractivity (Wildman–Crippen MR) is 71.7 cm³/mol. The minimum atomic E-state index is -0.179. The van der Waals surface area contributed by atoms with Gasteiger partial charge in [0.2, 0.25) is 0 Å². The summed E-state index contributed by atoms with van der Waals surface area (Å²) in [6, 6.07) is 5.26. The Morgan fingerprint density at radius 1 is 1.33 bits per heavy atom. The molecular formula is C12H17FIN. The lowest BCUT2D eigenvalue weighted by molar-refractivity contribution is 0.539. The van der Waals surface area contributed by atoms with Crippen LogP contribution in [0.3, 0.4) is 0 Å². The summed E-state index contributed by atoms with van der Waals surface area (Å²) >= 11 is 2.15. The molecule has 1 N–H and O–H groups in total. The molecule has 15 heavy (non-hydrogen) atoms. The maximum absolute atomic E-state index is 12.9. The topological polar surface area (TPSA) is 12.0 Å². The molecule has 0 saturated heterocycles. The van der Waals surface area contributed by atoms with E-state index in [2.05, 4.69) is 48.7 Å². The molecule has 0 aliphatic heterocycles. The molecule has 0 spiro atoms. The summed E-state index contributed by atoms with van der Waals surface area (Å²) in [5.74, 6) is 0.493. The molecule has 1 nitrogen and oxygen atoms in total. The van der Waals surface area contributed by atoms with Gasteiger partial charge >= 0.3 is 0 Å². The van der Waals surface area contributed by atoms with E-state index in [0.29, 0.717) is 12.0 Å². The van der Waals surface area contributed by atoms with Crippen molar-refractivity contribution < 1.29 is 4.39 Å². The van der Waals surface area contributed by atoms with Crippen molar-refractivity contribution in [3.05, 3.63) is 27.6 Å². The minimum absolute atomic E-state index is 0.179. The van der Waals surface area contributed by atoms with Gasteiger partial charge in [0.1, 0.15) is 5.82 Å². The molecule has 0 amide bonds. The van der Waals surface area contributed by atoms with Crippen LogP contribution < -0.4 is 5.32 Å². The van der Waals surface area contributed by atoms with Gasteiger partial charge < -0.3 is 5.32 Å². The molecule has 84 valence electrons. The van der Waals surface area contributed by atoms with Gasteiger partial charge in [0, 0.05) is 15.3 Å². The van der Waals surface area contributed by atoms with Gasteiger partial charge in [-0.1, -0.05) is 13.8 Å². The zero-order valence-electron chi connectivity index (χ0n) is 9.35. The molecule has 0 aromatic heterocycles. The highest BCUT2D eigenvalue weighted by Gasteiger charge is 2.07. The van der Waals surface area contributed by atoms with Crippen LogP contribution in [-0.2, 0) is 0 Å². The van der Waals surface area contributed by atoms with Crippen LogP contribution in [0.2, 0.25) is 0 Å². The van der Waals surface area contributed by atoms with Crippen LogP contribution in [0.15, 0.2) is 18.2 Å². The van der Waals surface area contributed by atoms with Crippen molar-refractivity contribution in [1.29, 1.82) is 0 Å². The summed E-state index contributed by atoms with van der Waals surface area (Å²) in [6.45, 7) is 6.56. The smallest absolute Gasteiger partial charge is 0.124 e. The molecule has 3 heteroatoms. The summed E-state index contributed by atoms with van der Waals surface area (Å²) in [5, 5.41) is 3.39. The van der Waals surface area contributed by atoms with Gasteiger partial charge in [0.05, 0.1) is 0 Å². The number of nitrogens with one attached hydrogen (secondary N) is 1. The van der Waals surface area contributed by atoms with E-state index in [0.717, 1.165) is 15.7 Å². The van der Waals surface area contributed by atoms with E-state index in [1.807, 2.05) is 0 Å². The van der Waals surface area contributed by atoms with E-state index in [1.54, 1.807) is 12.1 Å². The van der Waals surface area contributed by atoms with Gasteiger partial charge in [-0.25, -0.2) is 4.39 Å². The van der Waals surface area contributed by atoms with Crippen molar-refractivity contribution in [3.8, 4) is 0 Å². The summed E-state index contributed by atoms with van der Waals surface area (Å²) in [5.41, 5.74) is 1.02. The lowest BCUT2D eigenvalue weighted by Gasteiger charge is -2.18. The van der Waals surface area contributed by atoms with Gasteiger partial charge in [-0.05, 0) is 60.1 Å². The molecule has 1 aromatic rings. The van der Waals surface area contributed by atoms with Crippen LogP contribution in [-0.4, -0.2) is 6.04 Å². The van der Waals surface area contributed by atoms with Gasteiger partial charge in [-0.15, -0.1) is 0 Å². The highest BCUT2D eigenvalue weighted by molar-refractivity contribution is 14.1. The highest BCUT2D eigenvalue weighted by Crippen LogP contribution is 2.21. The Balaban J connectivity index is 2.64. The molecule has 0 aliphatic rings. The standard InChI is InChI=1S/C12H17FIN/c1-8(2)6-9(3)15-12-5-4-10(13)7-11(12)14/h4-5,7-9,15H,6H2,1-3H3. The Kier molecular flexibility index (Phi) is 4.83. The van der Waals surface area contributed by atoms with Gasteiger partial charge in [-0.2, -0.15) is 0 Å². The van der Waals surface area contributed by atoms with Crippen molar-refractivity contribution in [2.45, 2.75) is 33.2 Å². The Hall–Kier alpha value is -0.320. The Morgan fingerprint density at radius 3 is 2.53 bits per heavy atom. The molecule has 1 rings (SSSR count). The summed E-state index contributed by atoms with van der Waals surface area (Å²) in [7, 11) is 0. The summed E-state index contributed by atoms with van der Waals surface area (Å²) in [4.78, 5) is 0. The number of anilines is 1. The molecule has 0 saturated carbocycles. The van der Waals surface area contributed by atoms with Crippen LogP contribution >= 0.6 is 22.6 Å². The Labute approximate surface area is 105 Å². The number of halogens is 2. The van der Waals surface area contributed by atoms with Crippen molar-refractivity contribution in [2.24, 2.45) is 5.92 Å². The second-order valence-electron chi connectivity index (χ2n) is 4.30. The van der Waals surface area contributed by atoms with Crippen molar-refractivity contribution in [1.82, 2.24) is 0 Å². The zero-order chi connectivity index (χ0) is 11.4. The first-order chi connectivity index (χ1) is 6.99. The number of benzene rings is 1. The van der Waals surface area contributed by atoms with E-state index in [1.165, 1.54) is 6.07 Å². The maximum Gasteiger partial charge on any atom is 0.124 e. The number of rotatable bonds is 4. The summed E-state index contributed by atoms with van der Waals surface area (Å²) in [6.07, 6.45) is 1.12. The van der Waals surface area contributed by atoms with Gasteiger partial charge in [-0.3, -0.25) is 0 Å². The van der Waals surface area contributed by atoms with Crippen molar-refractivity contribution in [2.75, 3.05) is 5.32 Å². The maximum atomic E-state index is 12.9. The van der Waals surface area contributed by atoms with E-state index >= 15 is 0 Å². The third-order valence-electron chi connectivity index (χ3n) is 2.16. The molecule has 0 fully saturated rings. The first-order valence-electron chi connectivity index (χ1n) is 5.20. The Bertz CT molecular complexity index is 325. The first kappa shape index (κ1) is 12.7. The second-order valence-corrected chi connectivity index (χ2v) is 5.46. The highest BCUT2D eigenvalue weighted by atomic mass is 127. The van der Waals surface area contributed by atoms with Gasteiger partial charge in [0.15, 0.2) is 0 Å². The third kappa shape index (κ3) is 4.36. The first-order valence-corrected chi connectivity index (χ1v) is 6.28. The average molecular weight is 321 g/mol. The van der Waals surface area contributed by atoms with Crippen LogP contribution in [0.1, 0.15) is 27.2 Å². The van der Waals surface area contributed by atoms with Crippen LogP contribution in [0.4, 0.5) is 10.1 Å². The molecule has 1 atom stereocenters. The fraction of sp³-hybridized carbons (Fsp3) is 0.500. The SMILES string of the molecule is CC(C)CC(C)Nc1ccc(F)cc1I. The van der Waals surface area contributed by atoms with E-state index in [9.17, 15) is 4.39 Å². The number of hydrogen-bond acceptors (Lipinski definition) is 1. The fourth-order valence-electron chi connectivity index (χ4n) is 1.64. The van der Waals surface area contributed by atoms with E-state index in [4.69, 9.17) is 0 Å². The third-order valence-corrected chi connectivity index (χ3v) is 3.05. The zero-order valence-corrected chi connectivity index (χ0v) is 11.5. The quantitative estimate of drug-likeness (QED) is 0.817. The number of hydrogen-bond donors (Lipinski definition) is 1. The van der Waals surface area contributed by atoms with Crippen LogP contribution in [0.5, 0.6) is 0 Å². The van der Waals surface area contributed by atoms with E-state index < -0.39 is 0 Å². The molecule has 1 unspecified atom stereocenters. The monoisotopic (exact) mass is 321 g/mol. The molecule has 0 heterocycles. The largest absolute Gasteiger partial charge is 0.382 e. The predicted octanol–water partition coefficient (Wildman–Crippen LogP) is 4.28. The second kappa shape index (κ2) is 5.68. The average Bonchev–Trinajstić information content (AvgIpc) is 2.08.